The molecule has 0 fully saturated rings. The standard InChI is InChI=1S/C30H48N2O4S/c1-6-7-8-9-10-11-12-13-14-15-16-27(37-20-19-22(2)3)23-21-26(35-4)28-24(31-33)17-18-25(32-34)29(28)30(23)36-5/h17-18,21-22,27,31,33H,6-16,19-20H2,1-5H3. The summed E-state index contributed by atoms with van der Waals surface area (Å²) in [7, 11) is 3.24. The number of methoxy groups -OCH3 is 2. The molecule has 2 N–H and O–H groups in total. The highest BCUT2D eigenvalue weighted by Gasteiger charge is 2.25. The van der Waals surface area contributed by atoms with Crippen LogP contribution in [0.15, 0.2) is 23.4 Å². The van der Waals surface area contributed by atoms with E-state index in [1.165, 1.54) is 57.8 Å². The van der Waals surface area contributed by atoms with Crippen LogP contribution in [0.3, 0.4) is 0 Å². The zero-order valence-electron chi connectivity index (χ0n) is 23.6. The van der Waals surface area contributed by atoms with Gasteiger partial charge >= 0.3 is 0 Å². The maximum Gasteiger partial charge on any atom is 0.133 e. The van der Waals surface area contributed by atoms with Gasteiger partial charge in [0.15, 0.2) is 0 Å². The number of ether oxygens (including phenoxy) is 2. The van der Waals surface area contributed by atoms with E-state index in [1.807, 2.05) is 17.8 Å². The zero-order valence-corrected chi connectivity index (χ0v) is 24.4. The summed E-state index contributed by atoms with van der Waals surface area (Å²) >= 11 is 1.95. The Balaban J connectivity index is 2.25. The van der Waals surface area contributed by atoms with Crippen molar-refractivity contribution in [2.24, 2.45) is 11.1 Å². The summed E-state index contributed by atoms with van der Waals surface area (Å²) in [6.07, 6.45) is 15.3. The van der Waals surface area contributed by atoms with Crippen LogP contribution in [0.1, 0.15) is 109 Å². The molecule has 0 aromatic heterocycles. The fraction of sp³-hybridized carbons (Fsp3) is 0.667. The van der Waals surface area contributed by atoms with Gasteiger partial charge in [0.1, 0.15) is 17.2 Å². The van der Waals surface area contributed by atoms with Crippen molar-refractivity contribution in [1.82, 2.24) is 0 Å². The molecule has 6 nitrogen and oxygen atoms in total. The summed E-state index contributed by atoms with van der Waals surface area (Å²) in [6, 6.07) is 5.24. The molecule has 2 aromatic carbocycles. The minimum absolute atomic E-state index is 0.214. The molecule has 0 amide bonds. The second kappa shape index (κ2) is 17.5. The maximum absolute atomic E-state index is 11.8. The van der Waals surface area contributed by atoms with Gasteiger partial charge in [-0.3, -0.25) is 10.7 Å². The average Bonchev–Trinajstić information content (AvgIpc) is 2.91. The molecule has 0 spiro atoms. The second-order valence-electron chi connectivity index (χ2n) is 10.3. The van der Waals surface area contributed by atoms with E-state index < -0.39 is 0 Å². The molecular formula is C30H48N2O4S. The first-order valence-electron chi connectivity index (χ1n) is 14.1. The number of anilines is 1. The predicted octanol–water partition coefficient (Wildman–Crippen LogP) is 10.2. The average molecular weight is 533 g/mol. The monoisotopic (exact) mass is 532 g/mol. The smallest absolute Gasteiger partial charge is 0.133 e. The van der Waals surface area contributed by atoms with Gasteiger partial charge in [-0.25, -0.2) is 0 Å². The number of benzene rings is 2. The largest absolute Gasteiger partial charge is 0.496 e. The number of nitroso groups, excluding NO2 is 1. The predicted molar refractivity (Wildman–Crippen MR) is 159 cm³/mol. The first-order chi connectivity index (χ1) is 18.0. The Morgan fingerprint density at radius 2 is 1.57 bits per heavy atom. The van der Waals surface area contributed by atoms with E-state index in [-0.39, 0.29) is 10.9 Å². The SMILES string of the molecule is CCCCCCCCCCCCC(SCCC(C)C)c1cc(OC)c2c(NO)ccc(N=O)c2c1OC. The Morgan fingerprint density at radius 3 is 2.11 bits per heavy atom. The molecule has 2 rings (SSSR count). The molecule has 0 saturated carbocycles. The number of unbranched alkanes of at least 4 members (excludes halogenated alkanes) is 9. The Kier molecular flexibility index (Phi) is 14.8. The number of nitrogens with one attached hydrogen (secondary N) is 1. The van der Waals surface area contributed by atoms with Crippen molar-refractivity contribution >= 4 is 33.9 Å². The van der Waals surface area contributed by atoms with Gasteiger partial charge < -0.3 is 9.47 Å². The van der Waals surface area contributed by atoms with Gasteiger partial charge in [0.25, 0.3) is 0 Å². The molecule has 1 unspecified atom stereocenters. The van der Waals surface area contributed by atoms with Crippen LogP contribution < -0.4 is 15.0 Å². The number of nitrogens with zero attached hydrogens (tertiary/aromatic N) is 1. The van der Waals surface area contributed by atoms with Crippen LogP contribution in [0.4, 0.5) is 11.4 Å². The molecular weight excluding hydrogens is 484 g/mol. The van der Waals surface area contributed by atoms with Crippen LogP contribution in [0.5, 0.6) is 11.5 Å². The van der Waals surface area contributed by atoms with E-state index in [9.17, 15) is 10.1 Å². The Bertz CT molecular complexity index is 951. The third kappa shape index (κ3) is 9.36. The molecule has 7 heteroatoms. The Morgan fingerprint density at radius 1 is 0.919 bits per heavy atom. The summed E-state index contributed by atoms with van der Waals surface area (Å²) in [5.74, 6) is 2.92. The van der Waals surface area contributed by atoms with E-state index in [4.69, 9.17) is 9.47 Å². The highest BCUT2D eigenvalue weighted by Crippen LogP contribution is 2.50. The van der Waals surface area contributed by atoms with Gasteiger partial charge in [-0.15, -0.1) is 4.91 Å². The van der Waals surface area contributed by atoms with Crippen LogP contribution in [-0.2, 0) is 0 Å². The Hall–Kier alpha value is -1.99. The third-order valence-corrected chi connectivity index (χ3v) is 8.39. The van der Waals surface area contributed by atoms with Crippen molar-refractivity contribution in [3.05, 3.63) is 28.7 Å². The van der Waals surface area contributed by atoms with Gasteiger partial charge in [-0.1, -0.05) is 85.0 Å². The molecule has 0 heterocycles. The lowest BCUT2D eigenvalue weighted by Crippen LogP contribution is -2.04. The minimum Gasteiger partial charge on any atom is -0.496 e. The van der Waals surface area contributed by atoms with E-state index in [2.05, 4.69) is 31.4 Å². The van der Waals surface area contributed by atoms with Gasteiger partial charge in [0.2, 0.25) is 0 Å². The fourth-order valence-electron chi connectivity index (χ4n) is 4.88. The van der Waals surface area contributed by atoms with E-state index >= 15 is 0 Å². The van der Waals surface area contributed by atoms with E-state index in [0.29, 0.717) is 33.9 Å². The van der Waals surface area contributed by atoms with Crippen molar-refractivity contribution < 1.29 is 14.7 Å². The molecule has 37 heavy (non-hydrogen) atoms. The summed E-state index contributed by atoms with van der Waals surface area (Å²) in [4.78, 5) is 11.8. The van der Waals surface area contributed by atoms with Crippen molar-refractivity contribution in [3.63, 3.8) is 0 Å². The molecule has 0 aliphatic carbocycles. The van der Waals surface area contributed by atoms with Gasteiger partial charge in [-0.2, -0.15) is 11.8 Å². The van der Waals surface area contributed by atoms with Crippen molar-refractivity contribution in [1.29, 1.82) is 0 Å². The molecule has 2 aromatic rings. The van der Waals surface area contributed by atoms with Crippen LogP contribution in [-0.4, -0.2) is 25.2 Å². The zero-order chi connectivity index (χ0) is 27.0. The lowest BCUT2D eigenvalue weighted by Gasteiger charge is -2.24. The molecule has 1 atom stereocenters. The summed E-state index contributed by atoms with van der Waals surface area (Å²) in [5.41, 5.74) is 3.98. The minimum atomic E-state index is 0.214. The van der Waals surface area contributed by atoms with Crippen LogP contribution >= 0.6 is 11.8 Å². The van der Waals surface area contributed by atoms with Gasteiger partial charge in [0.05, 0.1) is 30.7 Å². The van der Waals surface area contributed by atoms with E-state index in [0.717, 1.165) is 30.6 Å². The number of hydrogen-bond acceptors (Lipinski definition) is 7. The number of fused-ring (bicyclic) bond motifs is 1. The number of rotatable bonds is 20. The molecule has 0 bridgehead atoms. The second-order valence-corrected chi connectivity index (χ2v) is 11.6. The van der Waals surface area contributed by atoms with Crippen molar-refractivity contribution in [2.45, 2.75) is 103 Å². The molecule has 0 aliphatic heterocycles. The molecule has 0 saturated heterocycles. The molecule has 208 valence electrons. The lowest BCUT2D eigenvalue weighted by molar-refractivity contribution is 0.388. The quantitative estimate of drug-likeness (QED) is 0.100. The molecule has 0 radical (unpaired) electrons. The first-order valence-corrected chi connectivity index (χ1v) is 15.1. The van der Waals surface area contributed by atoms with Crippen LogP contribution in [0, 0.1) is 10.8 Å². The topological polar surface area (TPSA) is 80.1 Å². The highest BCUT2D eigenvalue weighted by atomic mass is 32.2. The highest BCUT2D eigenvalue weighted by molar-refractivity contribution is 7.99. The summed E-state index contributed by atoms with van der Waals surface area (Å²) < 4.78 is 11.7. The normalized spacial score (nSPS) is 12.2. The van der Waals surface area contributed by atoms with Gasteiger partial charge in [-0.05, 0) is 47.9 Å². The summed E-state index contributed by atoms with van der Waals surface area (Å²) in [5, 5.41) is 14.4. The lowest BCUT2D eigenvalue weighted by atomic mass is 9.96. The van der Waals surface area contributed by atoms with Gasteiger partial charge in [0, 0.05) is 10.8 Å². The van der Waals surface area contributed by atoms with E-state index in [1.54, 1.807) is 26.4 Å². The molecule has 0 aliphatic rings. The fourth-order valence-corrected chi connectivity index (χ4v) is 6.46. The van der Waals surface area contributed by atoms with Crippen LogP contribution in [0.2, 0.25) is 0 Å². The van der Waals surface area contributed by atoms with Crippen molar-refractivity contribution in [2.75, 3.05) is 25.5 Å². The van der Waals surface area contributed by atoms with Crippen molar-refractivity contribution in [3.8, 4) is 11.5 Å². The summed E-state index contributed by atoms with van der Waals surface area (Å²) in [6.45, 7) is 6.77. The number of hydrogen-bond donors (Lipinski definition) is 2. The van der Waals surface area contributed by atoms with Crippen LogP contribution in [0.25, 0.3) is 10.8 Å². The first kappa shape index (κ1) is 31.2. The Labute approximate surface area is 228 Å². The number of thioether (sulfide) groups is 1. The maximum atomic E-state index is 11.8. The third-order valence-electron chi connectivity index (χ3n) is 7.03.